The van der Waals surface area contributed by atoms with E-state index in [4.69, 9.17) is 16.3 Å². The second-order valence-corrected chi connectivity index (χ2v) is 9.98. The van der Waals surface area contributed by atoms with E-state index in [0.29, 0.717) is 36.7 Å². The lowest BCUT2D eigenvalue weighted by molar-refractivity contribution is -0.137. The quantitative estimate of drug-likeness (QED) is 0.284. The predicted octanol–water partition coefficient (Wildman–Crippen LogP) is 7.74. The number of azo groups is 1. The van der Waals surface area contributed by atoms with Crippen LogP contribution in [0, 0.1) is 0 Å². The van der Waals surface area contributed by atoms with Crippen molar-refractivity contribution >= 4 is 29.1 Å². The molecule has 1 N–H and O–H groups in total. The number of hydrogen-bond acceptors (Lipinski definition) is 6. The number of alkyl halides is 6. The first-order valence-corrected chi connectivity index (χ1v) is 13.1. The fraction of sp³-hybridized carbons (Fsp3) is 0.250. The van der Waals surface area contributed by atoms with Crippen LogP contribution in [0.5, 0.6) is 11.5 Å². The first-order valence-electron chi connectivity index (χ1n) is 12.7. The number of pyridine rings is 1. The normalized spacial score (nSPS) is 17.0. The molecule has 5 rings (SSSR count). The number of nitrogens with one attached hydrogen (secondary N) is 1. The number of carbonyl (C=O) groups excluding carboxylic acids is 2. The molecule has 2 aliphatic rings. The summed E-state index contributed by atoms with van der Waals surface area (Å²) in [5.74, 6) is -0.886. The predicted molar refractivity (Wildman–Crippen MR) is 142 cm³/mol. The van der Waals surface area contributed by atoms with E-state index in [0.717, 1.165) is 18.9 Å². The van der Waals surface area contributed by atoms with Gasteiger partial charge in [-0.25, -0.2) is 0 Å². The van der Waals surface area contributed by atoms with Crippen LogP contribution in [0.15, 0.2) is 82.3 Å². The minimum Gasteiger partial charge on any atom is -0.457 e. The lowest BCUT2D eigenvalue weighted by atomic mass is 9.96. The molecule has 0 saturated carbocycles. The van der Waals surface area contributed by atoms with Crippen LogP contribution in [0.1, 0.15) is 40.5 Å². The number of rotatable bonds is 6. The van der Waals surface area contributed by atoms with E-state index in [-0.39, 0.29) is 17.3 Å². The molecule has 43 heavy (non-hydrogen) atoms. The smallest absolute Gasteiger partial charge is 0.417 e. The summed E-state index contributed by atoms with van der Waals surface area (Å²) < 4.78 is 87.6. The molecule has 15 heteroatoms. The van der Waals surface area contributed by atoms with Crippen LogP contribution in [-0.2, 0) is 11.0 Å². The summed E-state index contributed by atoms with van der Waals surface area (Å²) in [5.41, 5.74) is -4.21. The van der Waals surface area contributed by atoms with Gasteiger partial charge in [0.1, 0.15) is 23.2 Å². The molecule has 0 spiro atoms. The third-order valence-corrected chi connectivity index (χ3v) is 6.98. The largest absolute Gasteiger partial charge is 0.457 e. The molecule has 1 aromatic heterocycles. The van der Waals surface area contributed by atoms with Gasteiger partial charge in [0.2, 0.25) is 0 Å². The van der Waals surface area contributed by atoms with E-state index in [9.17, 15) is 35.9 Å². The Morgan fingerprint density at radius 1 is 0.907 bits per heavy atom. The highest BCUT2D eigenvalue weighted by molar-refractivity contribution is 6.31. The Morgan fingerprint density at radius 2 is 1.60 bits per heavy atom. The van der Waals surface area contributed by atoms with E-state index in [1.807, 2.05) is 0 Å². The first-order chi connectivity index (χ1) is 20.3. The van der Waals surface area contributed by atoms with E-state index in [1.54, 1.807) is 11.0 Å². The molecule has 3 aromatic rings. The highest BCUT2D eigenvalue weighted by Gasteiger charge is 2.48. The van der Waals surface area contributed by atoms with E-state index in [2.05, 4.69) is 20.5 Å². The molecule has 0 aliphatic carbocycles. The highest BCUT2D eigenvalue weighted by Crippen LogP contribution is 2.47. The lowest BCUT2D eigenvalue weighted by Gasteiger charge is -2.18. The van der Waals surface area contributed by atoms with Gasteiger partial charge < -0.3 is 15.0 Å². The molecule has 0 radical (unpaired) electrons. The van der Waals surface area contributed by atoms with Crippen molar-refractivity contribution in [3.8, 4) is 11.5 Å². The van der Waals surface area contributed by atoms with Gasteiger partial charge >= 0.3 is 12.4 Å². The highest BCUT2D eigenvalue weighted by atomic mass is 35.5. The lowest BCUT2D eigenvalue weighted by Crippen LogP contribution is -2.28. The fourth-order valence-electron chi connectivity index (χ4n) is 4.57. The average molecular weight is 624 g/mol. The van der Waals surface area contributed by atoms with Crippen molar-refractivity contribution in [2.45, 2.75) is 31.2 Å². The van der Waals surface area contributed by atoms with Gasteiger partial charge in [-0.1, -0.05) is 11.6 Å². The van der Waals surface area contributed by atoms with Crippen LogP contribution in [-0.4, -0.2) is 41.0 Å². The average Bonchev–Trinajstić information content (AvgIpc) is 3.64. The van der Waals surface area contributed by atoms with Crippen LogP contribution in [0.2, 0.25) is 5.02 Å². The van der Waals surface area contributed by atoms with Gasteiger partial charge in [-0.2, -0.15) is 31.5 Å². The van der Waals surface area contributed by atoms with Crippen molar-refractivity contribution in [1.29, 1.82) is 0 Å². The zero-order valence-corrected chi connectivity index (χ0v) is 22.6. The van der Waals surface area contributed by atoms with Crippen LogP contribution >= 0.6 is 11.6 Å². The summed E-state index contributed by atoms with van der Waals surface area (Å²) in [6.45, 7) is 1.31. The molecule has 8 nitrogen and oxygen atoms in total. The summed E-state index contributed by atoms with van der Waals surface area (Å²) >= 11 is 5.93. The summed E-state index contributed by atoms with van der Waals surface area (Å²) in [6.07, 6.45) is -6.75. The molecule has 1 atom stereocenters. The Labute approximate surface area is 245 Å². The van der Waals surface area contributed by atoms with Crippen LogP contribution in [0.3, 0.4) is 0 Å². The topological polar surface area (TPSA) is 96.2 Å². The molecule has 224 valence electrons. The van der Waals surface area contributed by atoms with Crippen molar-refractivity contribution < 1.29 is 40.7 Å². The summed E-state index contributed by atoms with van der Waals surface area (Å²) in [5, 5.41) is 8.69. The number of benzene rings is 2. The number of aromatic nitrogens is 1. The van der Waals surface area contributed by atoms with Crippen molar-refractivity contribution in [3.63, 3.8) is 0 Å². The molecular formula is C28H20ClF6N5O3. The fourth-order valence-corrected chi connectivity index (χ4v) is 4.79. The maximum absolute atomic E-state index is 14.1. The van der Waals surface area contributed by atoms with Crippen molar-refractivity contribution in [2.75, 3.05) is 18.4 Å². The molecule has 0 bridgehead atoms. The van der Waals surface area contributed by atoms with Gasteiger partial charge in [-0.05, 0) is 61.4 Å². The van der Waals surface area contributed by atoms with Gasteiger partial charge in [-0.15, -0.1) is 5.11 Å². The molecule has 1 saturated heterocycles. The van der Waals surface area contributed by atoms with Gasteiger partial charge in [0.15, 0.2) is 5.70 Å². The summed E-state index contributed by atoms with van der Waals surface area (Å²) in [6, 6.07) is 8.40. The maximum atomic E-state index is 14.1. The summed E-state index contributed by atoms with van der Waals surface area (Å²) in [7, 11) is 0. The second-order valence-electron chi connectivity index (χ2n) is 9.57. The Kier molecular flexibility index (Phi) is 8.14. The van der Waals surface area contributed by atoms with Crippen LogP contribution in [0.25, 0.3) is 0 Å². The minimum absolute atomic E-state index is 0.0711. The number of hydrogen-bond donors (Lipinski definition) is 1. The Balaban J connectivity index is 1.32. The zero-order valence-electron chi connectivity index (χ0n) is 21.8. The number of anilines is 1. The Hall–Kier alpha value is -4.46. The first kappa shape index (κ1) is 30.0. The number of likely N-dealkylation sites (tertiary alicyclic amines) is 1. The molecule has 2 amide bonds. The monoisotopic (exact) mass is 623 g/mol. The number of carbonyl (C=O) groups is 2. The van der Waals surface area contributed by atoms with E-state index in [1.165, 1.54) is 36.5 Å². The van der Waals surface area contributed by atoms with Crippen molar-refractivity contribution in [3.05, 3.63) is 93.9 Å². The van der Waals surface area contributed by atoms with Crippen LogP contribution < -0.4 is 10.1 Å². The number of halogens is 7. The van der Waals surface area contributed by atoms with Gasteiger partial charge in [0, 0.05) is 41.6 Å². The Bertz CT molecular complexity index is 1620. The van der Waals surface area contributed by atoms with E-state index >= 15 is 0 Å². The van der Waals surface area contributed by atoms with Crippen LogP contribution in [0.4, 0.5) is 32.0 Å². The third-order valence-electron chi connectivity index (χ3n) is 6.63. The van der Waals surface area contributed by atoms with Gasteiger partial charge in [-0.3, -0.25) is 14.6 Å². The van der Waals surface area contributed by atoms with E-state index < -0.39 is 51.7 Å². The maximum Gasteiger partial charge on any atom is 0.417 e. The molecule has 2 aromatic carbocycles. The Morgan fingerprint density at radius 3 is 2.26 bits per heavy atom. The molecule has 3 heterocycles. The van der Waals surface area contributed by atoms with Gasteiger partial charge in [0.05, 0.1) is 11.1 Å². The van der Waals surface area contributed by atoms with Crippen molar-refractivity contribution in [1.82, 2.24) is 9.88 Å². The number of amides is 2. The number of nitrogens with zero attached hydrogens (tertiary/aromatic N) is 4. The number of ether oxygens (including phenoxy) is 1. The zero-order chi connectivity index (χ0) is 30.9. The molecular weight excluding hydrogens is 604 g/mol. The molecule has 1 fully saturated rings. The van der Waals surface area contributed by atoms with Gasteiger partial charge in [0.25, 0.3) is 11.8 Å². The summed E-state index contributed by atoms with van der Waals surface area (Å²) in [4.78, 5) is 31.2. The minimum atomic E-state index is -5.17. The SMILES string of the molecule is O=C(Nc1ccc(Oc2ccnc(C(=O)N3CCCC3)c2)cc1)C1=C(C(F)(F)F)C(c2cc(C(F)(F)F)ccc2Cl)N=N1. The third kappa shape index (κ3) is 6.63. The second kappa shape index (κ2) is 11.7. The standard InChI is InChI=1S/C28H20ClF6N5O3/c29-20-8-3-15(27(30,31)32)13-19(20)23-22(28(33,34)35)24(39-38-23)25(41)37-16-4-6-17(7-5-16)43-18-9-10-36-21(14-18)26(42)40-11-1-2-12-40/h3-10,13-14,23H,1-2,11-12H2,(H,37,41). The molecule has 1 unspecified atom stereocenters. The molecule has 2 aliphatic heterocycles. The van der Waals surface area contributed by atoms with Crippen molar-refractivity contribution in [2.24, 2.45) is 10.2 Å².